The van der Waals surface area contributed by atoms with Crippen LogP contribution in [-0.4, -0.2) is 24.3 Å². The smallest absolute Gasteiger partial charge is 0.338 e. The molecule has 0 aromatic rings. The Bertz CT molecular complexity index is 709. The zero-order valence-electron chi connectivity index (χ0n) is 14.3. The van der Waals surface area contributed by atoms with Crippen molar-refractivity contribution in [3.8, 4) is 0 Å². The first-order valence-corrected chi connectivity index (χ1v) is 8.55. The maximum absolute atomic E-state index is 12.3. The number of hydrogen-bond acceptors (Lipinski definition) is 5. The summed E-state index contributed by atoms with van der Waals surface area (Å²) < 4.78 is 16.2. The molecule has 1 fully saturated rings. The lowest BCUT2D eigenvalue weighted by molar-refractivity contribution is -0.152. The molecule has 0 unspecified atom stereocenters. The van der Waals surface area contributed by atoms with Crippen LogP contribution in [0, 0.1) is 11.3 Å². The van der Waals surface area contributed by atoms with Gasteiger partial charge in [-0.25, -0.2) is 9.59 Å². The Morgan fingerprint density at radius 1 is 1.25 bits per heavy atom. The van der Waals surface area contributed by atoms with Gasteiger partial charge >= 0.3 is 11.9 Å². The van der Waals surface area contributed by atoms with Gasteiger partial charge in [-0.15, -0.1) is 0 Å². The van der Waals surface area contributed by atoms with Crippen molar-refractivity contribution >= 4 is 11.9 Å². The van der Waals surface area contributed by atoms with Crippen LogP contribution in [0.2, 0.25) is 0 Å². The summed E-state index contributed by atoms with van der Waals surface area (Å²) in [5, 5.41) is 0. The standard InChI is InChI=1S/C19H22O5/c1-10-7-14(23-17(10)20)22-9-13-12-8-11-5-4-6-19(2,3)15(11)16(12)24-18(13)21/h7,9,12,14,16H,4-6,8H2,1-3H3/t12-,14-,16+/m1/s1. The van der Waals surface area contributed by atoms with E-state index >= 15 is 0 Å². The highest BCUT2D eigenvalue weighted by Crippen LogP contribution is 2.54. The summed E-state index contributed by atoms with van der Waals surface area (Å²) in [6.07, 6.45) is 6.42. The Morgan fingerprint density at radius 3 is 2.75 bits per heavy atom. The maximum Gasteiger partial charge on any atom is 0.338 e. The number of carbonyl (C=O) groups is 2. The van der Waals surface area contributed by atoms with Crippen molar-refractivity contribution in [2.45, 2.75) is 58.8 Å². The minimum Gasteiger partial charge on any atom is -0.458 e. The molecule has 5 heteroatoms. The normalized spacial score (nSPS) is 35.5. The van der Waals surface area contributed by atoms with E-state index in [0.717, 1.165) is 19.3 Å². The molecule has 2 aliphatic heterocycles. The lowest BCUT2D eigenvalue weighted by atomic mass is 9.72. The molecule has 128 valence electrons. The van der Waals surface area contributed by atoms with E-state index in [1.165, 1.54) is 23.8 Å². The molecule has 0 aromatic heterocycles. The van der Waals surface area contributed by atoms with E-state index in [1.54, 1.807) is 13.0 Å². The van der Waals surface area contributed by atoms with Gasteiger partial charge in [-0.2, -0.15) is 0 Å². The largest absolute Gasteiger partial charge is 0.458 e. The van der Waals surface area contributed by atoms with Crippen LogP contribution in [0.3, 0.4) is 0 Å². The fourth-order valence-corrected chi connectivity index (χ4v) is 4.46. The van der Waals surface area contributed by atoms with Crippen LogP contribution < -0.4 is 0 Å². The Morgan fingerprint density at radius 2 is 2.04 bits per heavy atom. The van der Waals surface area contributed by atoms with Crippen LogP contribution in [0.15, 0.2) is 34.6 Å². The van der Waals surface area contributed by atoms with Gasteiger partial charge in [-0.1, -0.05) is 19.4 Å². The second kappa shape index (κ2) is 5.23. The van der Waals surface area contributed by atoms with Crippen molar-refractivity contribution in [1.82, 2.24) is 0 Å². The number of fused-ring (bicyclic) bond motifs is 2. The molecule has 1 saturated heterocycles. The minimum atomic E-state index is -0.753. The van der Waals surface area contributed by atoms with Gasteiger partial charge < -0.3 is 14.2 Å². The molecule has 0 spiro atoms. The Kier molecular flexibility index (Phi) is 3.37. The summed E-state index contributed by atoms with van der Waals surface area (Å²) in [5.41, 5.74) is 3.93. The number of ether oxygens (including phenoxy) is 3. The van der Waals surface area contributed by atoms with Crippen molar-refractivity contribution in [2.75, 3.05) is 0 Å². The van der Waals surface area contributed by atoms with Gasteiger partial charge in [0.15, 0.2) is 0 Å². The van der Waals surface area contributed by atoms with Crippen LogP contribution in [0.1, 0.15) is 46.5 Å². The lowest BCUT2D eigenvalue weighted by Gasteiger charge is -2.34. The average molecular weight is 330 g/mol. The summed E-state index contributed by atoms with van der Waals surface area (Å²) in [7, 11) is 0. The number of carbonyl (C=O) groups excluding carboxylic acids is 2. The number of rotatable bonds is 2. The fourth-order valence-electron chi connectivity index (χ4n) is 4.46. The molecular formula is C19H22O5. The van der Waals surface area contributed by atoms with Gasteiger partial charge in [-0.05, 0) is 43.6 Å². The first-order chi connectivity index (χ1) is 11.4. The molecule has 2 heterocycles. The van der Waals surface area contributed by atoms with Crippen LogP contribution >= 0.6 is 0 Å². The van der Waals surface area contributed by atoms with Gasteiger partial charge in [0.2, 0.25) is 0 Å². The van der Waals surface area contributed by atoms with E-state index in [1.807, 2.05) is 0 Å². The number of cyclic esters (lactones) is 1. The first kappa shape index (κ1) is 15.5. The molecule has 2 aliphatic carbocycles. The van der Waals surface area contributed by atoms with E-state index in [9.17, 15) is 9.59 Å². The van der Waals surface area contributed by atoms with E-state index in [0.29, 0.717) is 11.1 Å². The number of hydrogen-bond donors (Lipinski definition) is 0. The molecule has 24 heavy (non-hydrogen) atoms. The van der Waals surface area contributed by atoms with E-state index in [4.69, 9.17) is 14.2 Å². The topological polar surface area (TPSA) is 61.8 Å². The molecule has 0 bridgehead atoms. The molecule has 4 aliphatic rings. The molecule has 0 radical (unpaired) electrons. The van der Waals surface area contributed by atoms with Crippen LogP contribution in [0.25, 0.3) is 0 Å². The molecule has 4 rings (SSSR count). The minimum absolute atomic E-state index is 0.0297. The van der Waals surface area contributed by atoms with E-state index in [-0.39, 0.29) is 29.4 Å². The molecular weight excluding hydrogens is 308 g/mol. The predicted octanol–water partition coefficient (Wildman–Crippen LogP) is 3.17. The van der Waals surface area contributed by atoms with Crippen LogP contribution in [0.4, 0.5) is 0 Å². The summed E-state index contributed by atoms with van der Waals surface area (Å²) in [6, 6.07) is 0. The number of esters is 2. The third kappa shape index (κ3) is 2.29. The molecule has 0 amide bonds. The molecule has 3 atom stereocenters. The zero-order chi connectivity index (χ0) is 17.1. The first-order valence-electron chi connectivity index (χ1n) is 8.55. The van der Waals surface area contributed by atoms with Gasteiger partial charge in [0, 0.05) is 17.6 Å². The van der Waals surface area contributed by atoms with Crippen molar-refractivity contribution in [2.24, 2.45) is 11.3 Å². The molecule has 0 aromatic carbocycles. The monoisotopic (exact) mass is 330 g/mol. The summed E-state index contributed by atoms with van der Waals surface area (Å²) >= 11 is 0. The summed E-state index contributed by atoms with van der Waals surface area (Å²) in [6.45, 7) is 6.15. The highest BCUT2D eigenvalue weighted by atomic mass is 16.7. The SMILES string of the molecule is CC1=C[C@H](OC=C2C(=O)O[C@@H]3C4=C(CCCC4(C)C)C[C@H]23)OC1=O. The summed E-state index contributed by atoms with van der Waals surface area (Å²) in [5.74, 6) is -0.671. The van der Waals surface area contributed by atoms with E-state index < -0.39 is 6.29 Å². The van der Waals surface area contributed by atoms with Gasteiger partial charge in [0.25, 0.3) is 6.29 Å². The fraction of sp³-hybridized carbons (Fsp3) is 0.579. The maximum atomic E-state index is 12.3. The number of allylic oxidation sites excluding steroid dienone is 1. The molecule has 0 saturated carbocycles. The summed E-state index contributed by atoms with van der Waals surface area (Å²) in [4.78, 5) is 23.7. The Hall–Kier alpha value is -2.04. The lowest BCUT2D eigenvalue weighted by Crippen LogP contribution is -2.27. The second-order valence-corrected chi connectivity index (χ2v) is 7.72. The van der Waals surface area contributed by atoms with Gasteiger partial charge in [0.05, 0.1) is 11.8 Å². The average Bonchev–Trinajstić information content (AvgIpc) is 3.10. The second-order valence-electron chi connectivity index (χ2n) is 7.72. The highest BCUT2D eigenvalue weighted by molar-refractivity contribution is 5.92. The third-order valence-corrected chi connectivity index (χ3v) is 5.64. The van der Waals surface area contributed by atoms with Crippen molar-refractivity contribution in [1.29, 1.82) is 0 Å². The molecule has 0 N–H and O–H groups in total. The Labute approximate surface area is 141 Å². The quantitative estimate of drug-likeness (QED) is 0.337. The van der Waals surface area contributed by atoms with Crippen molar-refractivity contribution < 1.29 is 23.8 Å². The predicted molar refractivity (Wildman–Crippen MR) is 85.5 cm³/mol. The zero-order valence-corrected chi connectivity index (χ0v) is 14.3. The van der Waals surface area contributed by atoms with Gasteiger partial charge in [-0.3, -0.25) is 0 Å². The van der Waals surface area contributed by atoms with Gasteiger partial charge in [0.1, 0.15) is 6.10 Å². The highest BCUT2D eigenvalue weighted by Gasteiger charge is 2.52. The Balaban J connectivity index is 1.55. The van der Waals surface area contributed by atoms with Crippen LogP contribution in [-0.2, 0) is 23.8 Å². The molecule has 5 nitrogen and oxygen atoms in total. The van der Waals surface area contributed by atoms with Crippen molar-refractivity contribution in [3.63, 3.8) is 0 Å². The van der Waals surface area contributed by atoms with Crippen molar-refractivity contribution in [3.05, 3.63) is 34.6 Å². The third-order valence-electron chi connectivity index (χ3n) is 5.64. The van der Waals surface area contributed by atoms with E-state index in [2.05, 4.69) is 13.8 Å². The van der Waals surface area contributed by atoms with Crippen LogP contribution in [0.5, 0.6) is 0 Å².